The molecule has 28 heavy (non-hydrogen) atoms. The maximum Gasteiger partial charge on any atom is 0.129 e. The van der Waals surface area contributed by atoms with Gasteiger partial charge in [0.15, 0.2) is 0 Å². The van der Waals surface area contributed by atoms with E-state index in [-0.39, 0.29) is 0 Å². The molecule has 3 heteroatoms. The first kappa shape index (κ1) is 20.5. The van der Waals surface area contributed by atoms with Crippen molar-refractivity contribution in [2.45, 2.75) is 59.0 Å². The van der Waals surface area contributed by atoms with Crippen LogP contribution in [0.3, 0.4) is 0 Å². The van der Waals surface area contributed by atoms with Crippen LogP contribution in [-0.4, -0.2) is 6.04 Å². The van der Waals surface area contributed by atoms with Crippen LogP contribution in [0.15, 0.2) is 55.2 Å². The number of ether oxygens (including phenoxy) is 1. The summed E-state index contributed by atoms with van der Waals surface area (Å²) in [5, 5.41) is 6.88. The molecule has 0 saturated heterocycles. The Morgan fingerprint density at radius 2 is 1.71 bits per heavy atom. The Morgan fingerprint density at radius 1 is 1.04 bits per heavy atom. The van der Waals surface area contributed by atoms with E-state index in [1.807, 2.05) is 30.3 Å². The molecule has 0 bridgehead atoms. The van der Waals surface area contributed by atoms with Crippen LogP contribution in [0.5, 0.6) is 11.5 Å². The fourth-order valence-corrected chi connectivity index (χ4v) is 3.99. The predicted molar refractivity (Wildman–Crippen MR) is 119 cm³/mol. The zero-order valence-corrected chi connectivity index (χ0v) is 17.5. The lowest BCUT2D eigenvalue weighted by atomic mass is 9.80. The van der Waals surface area contributed by atoms with E-state index in [0.29, 0.717) is 6.04 Å². The van der Waals surface area contributed by atoms with E-state index in [2.05, 4.69) is 50.1 Å². The summed E-state index contributed by atoms with van der Waals surface area (Å²) < 4.78 is 6.01. The zero-order chi connectivity index (χ0) is 19.9. The second kappa shape index (κ2) is 9.79. The van der Waals surface area contributed by atoms with Crippen LogP contribution in [-0.2, 0) is 6.54 Å². The van der Waals surface area contributed by atoms with Gasteiger partial charge in [-0.15, -0.1) is 0 Å². The molecule has 0 unspecified atom stereocenters. The van der Waals surface area contributed by atoms with Gasteiger partial charge in [-0.3, -0.25) is 0 Å². The molecule has 2 aromatic rings. The summed E-state index contributed by atoms with van der Waals surface area (Å²) in [5.41, 5.74) is 3.48. The fourth-order valence-electron chi connectivity index (χ4n) is 3.99. The third-order valence-corrected chi connectivity index (χ3v) is 5.94. The van der Waals surface area contributed by atoms with Crippen molar-refractivity contribution in [1.29, 1.82) is 0 Å². The number of hydrogen-bond acceptors (Lipinski definition) is 3. The number of anilines is 1. The molecule has 0 radical (unpaired) electrons. The number of benzene rings is 2. The Balaban J connectivity index is 1.50. The Kier molecular flexibility index (Phi) is 7.16. The van der Waals surface area contributed by atoms with Crippen LogP contribution in [0.1, 0.15) is 50.7 Å². The highest BCUT2D eigenvalue weighted by Crippen LogP contribution is 2.30. The quantitative estimate of drug-likeness (QED) is 0.540. The Hall–Kier alpha value is -2.26. The third kappa shape index (κ3) is 5.62. The van der Waals surface area contributed by atoms with Crippen LogP contribution in [0, 0.1) is 18.8 Å². The van der Waals surface area contributed by atoms with Crippen molar-refractivity contribution in [1.82, 2.24) is 5.32 Å². The summed E-state index contributed by atoms with van der Waals surface area (Å²) in [7, 11) is 0. The molecule has 0 aliphatic heterocycles. The molecular formula is C25H34N2O. The predicted octanol–water partition coefficient (Wildman–Crippen LogP) is 6.65. The molecule has 3 nitrogen and oxygen atoms in total. The number of nitrogens with one attached hydrogen (secondary N) is 2. The molecular weight excluding hydrogens is 344 g/mol. The summed E-state index contributed by atoms with van der Waals surface area (Å²) in [5.74, 6) is 3.42. The first-order chi connectivity index (χ1) is 13.5. The molecule has 0 amide bonds. The molecule has 2 N–H and O–H groups in total. The molecule has 0 aromatic heterocycles. The van der Waals surface area contributed by atoms with E-state index in [4.69, 9.17) is 4.74 Å². The average Bonchev–Trinajstić information content (AvgIpc) is 2.70. The largest absolute Gasteiger partial charge is 0.457 e. The van der Waals surface area contributed by atoms with Gasteiger partial charge >= 0.3 is 0 Å². The fraction of sp³-hybridized carbons (Fsp3) is 0.440. The number of hydrogen-bond donors (Lipinski definition) is 2. The maximum atomic E-state index is 6.01. The first-order valence-corrected chi connectivity index (χ1v) is 10.5. The average molecular weight is 379 g/mol. The minimum Gasteiger partial charge on any atom is -0.457 e. The maximum absolute atomic E-state index is 6.01. The highest BCUT2D eigenvalue weighted by atomic mass is 16.5. The zero-order valence-electron chi connectivity index (χ0n) is 17.5. The van der Waals surface area contributed by atoms with E-state index in [1.54, 1.807) is 6.20 Å². The van der Waals surface area contributed by atoms with Crippen molar-refractivity contribution in [3.8, 4) is 11.5 Å². The highest BCUT2D eigenvalue weighted by molar-refractivity contribution is 5.56. The normalized spacial score (nSPS) is 19.4. The molecule has 0 atom stereocenters. The van der Waals surface area contributed by atoms with Gasteiger partial charge in [-0.05, 0) is 80.0 Å². The van der Waals surface area contributed by atoms with E-state index >= 15 is 0 Å². The van der Waals surface area contributed by atoms with Gasteiger partial charge < -0.3 is 15.4 Å². The van der Waals surface area contributed by atoms with Crippen molar-refractivity contribution in [2.24, 2.45) is 11.8 Å². The monoisotopic (exact) mass is 378 g/mol. The van der Waals surface area contributed by atoms with Crippen molar-refractivity contribution < 1.29 is 4.74 Å². The lowest BCUT2D eigenvalue weighted by Gasteiger charge is -2.31. The van der Waals surface area contributed by atoms with E-state index in [9.17, 15) is 0 Å². The summed E-state index contributed by atoms with van der Waals surface area (Å²) in [6.07, 6.45) is 7.02. The molecule has 2 aromatic carbocycles. The van der Waals surface area contributed by atoms with Gasteiger partial charge in [0.2, 0.25) is 0 Å². The molecule has 3 rings (SSSR count). The molecule has 1 aliphatic carbocycles. The SMILES string of the molecule is C=CNc1cc(Oc2ccc(CNC3CCC(C(C)C)CC3)cc2)ccc1C. The molecule has 0 heterocycles. The minimum absolute atomic E-state index is 0.661. The smallest absolute Gasteiger partial charge is 0.129 e. The standard InChI is InChI=1S/C25H34N2O/c1-5-26-25-16-24(13-6-19(25)4)28-23-14-7-20(8-15-23)17-27-22-11-9-21(10-12-22)18(2)3/h5-8,13-16,18,21-22,26-27H,1,9-12,17H2,2-4H3. The van der Waals surface area contributed by atoms with Gasteiger partial charge in [0, 0.05) is 24.3 Å². The van der Waals surface area contributed by atoms with Crippen LogP contribution < -0.4 is 15.4 Å². The van der Waals surface area contributed by atoms with Crippen molar-refractivity contribution in [2.75, 3.05) is 5.32 Å². The summed E-state index contributed by atoms with van der Waals surface area (Å²) in [6, 6.07) is 15.1. The van der Waals surface area contributed by atoms with Gasteiger partial charge in [-0.2, -0.15) is 0 Å². The van der Waals surface area contributed by atoms with Gasteiger partial charge in [0.1, 0.15) is 11.5 Å². The first-order valence-electron chi connectivity index (χ1n) is 10.5. The molecule has 0 spiro atoms. The third-order valence-electron chi connectivity index (χ3n) is 5.94. The van der Waals surface area contributed by atoms with Gasteiger partial charge in [-0.25, -0.2) is 0 Å². The molecule has 150 valence electrons. The van der Waals surface area contributed by atoms with Crippen LogP contribution in [0.25, 0.3) is 0 Å². The summed E-state index contributed by atoms with van der Waals surface area (Å²) >= 11 is 0. The molecule has 1 fully saturated rings. The van der Waals surface area contributed by atoms with Crippen LogP contribution >= 0.6 is 0 Å². The highest BCUT2D eigenvalue weighted by Gasteiger charge is 2.22. The Bertz CT molecular complexity index is 759. The van der Waals surface area contributed by atoms with E-state index in [0.717, 1.165) is 41.1 Å². The topological polar surface area (TPSA) is 33.3 Å². The minimum atomic E-state index is 0.661. The molecule has 1 saturated carbocycles. The van der Waals surface area contributed by atoms with Gasteiger partial charge in [0.05, 0.1) is 0 Å². The number of rotatable bonds is 8. The second-order valence-corrected chi connectivity index (χ2v) is 8.31. The number of aryl methyl sites for hydroxylation is 1. The van der Waals surface area contributed by atoms with Crippen molar-refractivity contribution >= 4 is 5.69 Å². The second-order valence-electron chi connectivity index (χ2n) is 8.31. The lowest BCUT2D eigenvalue weighted by molar-refractivity contribution is 0.238. The van der Waals surface area contributed by atoms with E-state index in [1.165, 1.54) is 31.2 Å². The summed E-state index contributed by atoms with van der Waals surface area (Å²) in [4.78, 5) is 0. The van der Waals surface area contributed by atoms with Gasteiger partial charge in [0.25, 0.3) is 0 Å². The summed E-state index contributed by atoms with van der Waals surface area (Å²) in [6.45, 7) is 11.4. The Morgan fingerprint density at radius 3 is 2.36 bits per heavy atom. The van der Waals surface area contributed by atoms with Gasteiger partial charge in [-0.1, -0.05) is 38.6 Å². The van der Waals surface area contributed by atoms with Crippen molar-refractivity contribution in [3.05, 3.63) is 66.4 Å². The van der Waals surface area contributed by atoms with Crippen LogP contribution in [0.4, 0.5) is 5.69 Å². The van der Waals surface area contributed by atoms with Crippen molar-refractivity contribution in [3.63, 3.8) is 0 Å². The Labute approximate surface area is 170 Å². The molecule has 1 aliphatic rings. The van der Waals surface area contributed by atoms with E-state index < -0.39 is 0 Å². The lowest BCUT2D eigenvalue weighted by Crippen LogP contribution is -2.33. The van der Waals surface area contributed by atoms with Crippen LogP contribution in [0.2, 0.25) is 0 Å².